The maximum atomic E-state index is 12.5. The molecule has 154 valence electrons. The fraction of sp³-hybridized carbons (Fsp3) is 0.217. The van der Waals surface area contributed by atoms with Gasteiger partial charge in [-0.3, -0.25) is 0 Å². The third-order valence-electron chi connectivity index (χ3n) is 4.57. The molecule has 0 bridgehead atoms. The van der Waals surface area contributed by atoms with E-state index in [0.717, 1.165) is 16.8 Å². The Morgan fingerprint density at radius 2 is 1.97 bits per heavy atom. The molecule has 0 saturated heterocycles. The fourth-order valence-corrected chi connectivity index (χ4v) is 4.12. The van der Waals surface area contributed by atoms with Crippen LogP contribution < -0.4 is 9.47 Å². The highest BCUT2D eigenvalue weighted by Crippen LogP contribution is 2.41. The molecule has 0 amide bonds. The Bertz CT molecular complexity index is 1090. The third-order valence-corrected chi connectivity index (χ3v) is 5.59. The number of fused-ring (bicyclic) bond motifs is 1. The van der Waals surface area contributed by atoms with Crippen LogP contribution in [0.25, 0.3) is 6.08 Å². The fourth-order valence-electron chi connectivity index (χ4n) is 3.09. The van der Waals surface area contributed by atoms with E-state index in [1.54, 1.807) is 13.0 Å². The lowest BCUT2D eigenvalue weighted by Crippen LogP contribution is -2.15. The molecule has 0 radical (unpaired) electrons. The summed E-state index contributed by atoms with van der Waals surface area (Å²) in [4.78, 5) is 17.7. The van der Waals surface area contributed by atoms with Crippen molar-refractivity contribution < 1.29 is 24.1 Å². The van der Waals surface area contributed by atoms with E-state index in [9.17, 15) is 9.90 Å². The van der Waals surface area contributed by atoms with Gasteiger partial charge in [-0.25, -0.2) is 9.79 Å². The van der Waals surface area contributed by atoms with Crippen LogP contribution >= 0.6 is 11.8 Å². The number of hydrogen-bond acceptors (Lipinski definition) is 7. The molecule has 0 spiro atoms. The van der Waals surface area contributed by atoms with Crippen LogP contribution in [0, 0.1) is 6.92 Å². The lowest BCUT2D eigenvalue weighted by atomic mass is 10.1. The number of rotatable bonds is 4. The van der Waals surface area contributed by atoms with Crippen LogP contribution in [0.1, 0.15) is 18.1 Å². The number of esters is 1. The largest absolute Gasteiger partial charge is 0.506 e. The van der Waals surface area contributed by atoms with Crippen molar-refractivity contribution in [3.8, 4) is 11.5 Å². The second-order valence-corrected chi connectivity index (χ2v) is 7.69. The first-order valence-electron chi connectivity index (χ1n) is 9.61. The molecule has 7 heteroatoms. The summed E-state index contributed by atoms with van der Waals surface area (Å²) in [6.45, 7) is 4.89. The van der Waals surface area contributed by atoms with Gasteiger partial charge in [-0.1, -0.05) is 36.0 Å². The van der Waals surface area contributed by atoms with Gasteiger partial charge in [-0.05, 0) is 49.2 Å². The minimum Gasteiger partial charge on any atom is -0.506 e. The number of carbonyl (C=O) groups excluding carboxylic acids is 1. The van der Waals surface area contributed by atoms with Gasteiger partial charge in [0.15, 0.2) is 11.5 Å². The molecule has 6 nitrogen and oxygen atoms in total. The number of aliphatic hydroxyl groups excluding tert-OH is 1. The highest BCUT2D eigenvalue weighted by Gasteiger charge is 2.33. The number of para-hydroxylation sites is 1. The SMILES string of the molecule is CCOC(=O)C1=C(O)/C(=C\c2ccc3c(c2)OCCO3)SC1=Nc1ccccc1C. The predicted octanol–water partition coefficient (Wildman–Crippen LogP) is 4.96. The number of carbonyl (C=O) groups is 1. The Kier molecular flexibility index (Phi) is 5.81. The van der Waals surface area contributed by atoms with Gasteiger partial charge in [0.25, 0.3) is 0 Å². The number of aryl methyl sites for hydroxylation is 1. The molecule has 2 aromatic carbocycles. The quantitative estimate of drug-likeness (QED) is 0.701. The topological polar surface area (TPSA) is 77.4 Å². The van der Waals surface area contributed by atoms with Crippen LogP contribution in [0.2, 0.25) is 0 Å². The van der Waals surface area contributed by atoms with Gasteiger partial charge < -0.3 is 19.3 Å². The zero-order valence-corrected chi connectivity index (χ0v) is 17.5. The molecule has 0 saturated carbocycles. The van der Waals surface area contributed by atoms with E-state index < -0.39 is 5.97 Å². The summed E-state index contributed by atoms with van der Waals surface area (Å²) in [6, 6.07) is 13.2. The average Bonchev–Trinajstić information content (AvgIpc) is 3.04. The first-order chi connectivity index (χ1) is 14.6. The summed E-state index contributed by atoms with van der Waals surface area (Å²) < 4.78 is 16.3. The summed E-state index contributed by atoms with van der Waals surface area (Å²) in [7, 11) is 0. The van der Waals surface area contributed by atoms with E-state index in [1.807, 2.05) is 49.4 Å². The molecule has 0 fully saturated rings. The maximum absolute atomic E-state index is 12.5. The molecular weight excluding hydrogens is 402 g/mol. The van der Waals surface area contributed by atoms with Crippen molar-refractivity contribution in [3.05, 3.63) is 69.8 Å². The molecule has 0 aliphatic carbocycles. The van der Waals surface area contributed by atoms with E-state index in [1.165, 1.54) is 11.8 Å². The first kappa shape index (κ1) is 20.1. The lowest BCUT2D eigenvalue weighted by molar-refractivity contribution is -0.138. The van der Waals surface area contributed by atoms with Crippen LogP contribution in [0.15, 0.2) is 63.7 Å². The number of benzene rings is 2. The molecule has 4 rings (SSSR count). The van der Waals surface area contributed by atoms with Crippen molar-refractivity contribution in [1.82, 2.24) is 0 Å². The summed E-state index contributed by atoms with van der Waals surface area (Å²) >= 11 is 1.23. The number of aliphatic hydroxyl groups is 1. The first-order valence-corrected chi connectivity index (χ1v) is 10.4. The smallest absolute Gasteiger partial charge is 0.344 e. The Labute approximate surface area is 178 Å². The number of thioether (sulfide) groups is 1. The van der Waals surface area contributed by atoms with Crippen molar-refractivity contribution >= 4 is 34.5 Å². The Balaban J connectivity index is 1.73. The van der Waals surface area contributed by atoms with E-state index >= 15 is 0 Å². The minimum atomic E-state index is -0.597. The van der Waals surface area contributed by atoms with Crippen molar-refractivity contribution in [2.45, 2.75) is 13.8 Å². The predicted molar refractivity (Wildman–Crippen MR) is 118 cm³/mol. The van der Waals surface area contributed by atoms with Crippen molar-refractivity contribution in [2.24, 2.45) is 4.99 Å². The Hall–Kier alpha value is -3.19. The number of hydrogen-bond donors (Lipinski definition) is 1. The molecule has 0 unspecified atom stereocenters. The van der Waals surface area contributed by atoms with Gasteiger partial charge in [0.05, 0.1) is 17.2 Å². The molecule has 2 aromatic rings. The average molecular weight is 423 g/mol. The highest BCUT2D eigenvalue weighted by atomic mass is 32.2. The Morgan fingerprint density at radius 1 is 1.20 bits per heavy atom. The number of ether oxygens (including phenoxy) is 3. The summed E-state index contributed by atoms with van der Waals surface area (Å²) in [6.07, 6.45) is 1.79. The van der Waals surface area contributed by atoms with E-state index in [4.69, 9.17) is 14.2 Å². The molecule has 0 aromatic heterocycles. The molecule has 1 N–H and O–H groups in total. The van der Waals surface area contributed by atoms with Crippen molar-refractivity contribution in [2.75, 3.05) is 19.8 Å². The second-order valence-electron chi connectivity index (χ2n) is 6.66. The maximum Gasteiger partial charge on any atom is 0.344 e. The van der Waals surface area contributed by atoms with E-state index in [-0.39, 0.29) is 17.9 Å². The monoisotopic (exact) mass is 423 g/mol. The molecular formula is C23H21NO5S. The van der Waals surface area contributed by atoms with Crippen LogP contribution in [0.5, 0.6) is 11.5 Å². The molecule has 0 atom stereocenters. The van der Waals surface area contributed by atoms with Crippen LogP contribution in [0.3, 0.4) is 0 Å². The van der Waals surface area contributed by atoms with Crippen LogP contribution in [0.4, 0.5) is 5.69 Å². The normalized spacial score (nSPS) is 18.2. The number of aliphatic imine (C=N–C) groups is 1. The van der Waals surface area contributed by atoms with Crippen molar-refractivity contribution in [1.29, 1.82) is 0 Å². The lowest BCUT2D eigenvalue weighted by Gasteiger charge is -2.18. The third kappa shape index (κ3) is 4.07. The van der Waals surface area contributed by atoms with Crippen LogP contribution in [-0.4, -0.2) is 35.9 Å². The molecule has 2 heterocycles. The van der Waals surface area contributed by atoms with E-state index in [0.29, 0.717) is 34.7 Å². The molecule has 2 aliphatic heterocycles. The zero-order chi connectivity index (χ0) is 21.1. The second kappa shape index (κ2) is 8.67. The minimum absolute atomic E-state index is 0.0777. The summed E-state index contributed by atoms with van der Waals surface area (Å²) in [5, 5.41) is 11.2. The molecule has 30 heavy (non-hydrogen) atoms. The Morgan fingerprint density at radius 3 is 2.73 bits per heavy atom. The van der Waals surface area contributed by atoms with Gasteiger partial charge >= 0.3 is 5.97 Å². The van der Waals surface area contributed by atoms with Gasteiger partial charge in [0.1, 0.15) is 29.6 Å². The summed E-state index contributed by atoms with van der Waals surface area (Å²) in [5.41, 5.74) is 2.59. The molecule has 2 aliphatic rings. The highest BCUT2D eigenvalue weighted by molar-refractivity contribution is 8.18. The van der Waals surface area contributed by atoms with E-state index in [2.05, 4.69) is 4.99 Å². The van der Waals surface area contributed by atoms with Gasteiger partial charge in [0.2, 0.25) is 0 Å². The standard InChI is InChI=1S/C23H21NO5S/c1-3-27-23(26)20-21(25)19(30-22(20)24-16-7-5-4-6-14(16)2)13-15-8-9-17-18(12-15)29-11-10-28-17/h4-9,12-13,25H,3,10-11H2,1-2H3/b19-13+,24-22?. The van der Waals surface area contributed by atoms with Gasteiger partial charge in [-0.15, -0.1) is 0 Å². The number of nitrogens with zero attached hydrogens (tertiary/aromatic N) is 1. The summed E-state index contributed by atoms with van der Waals surface area (Å²) in [5.74, 6) is 0.610. The van der Waals surface area contributed by atoms with Gasteiger partial charge in [0, 0.05) is 0 Å². The van der Waals surface area contributed by atoms with Gasteiger partial charge in [-0.2, -0.15) is 0 Å². The van der Waals surface area contributed by atoms with Crippen molar-refractivity contribution in [3.63, 3.8) is 0 Å². The zero-order valence-electron chi connectivity index (χ0n) is 16.7. The van der Waals surface area contributed by atoms with Crippen LogP contribution in [-0.2, 0) is 9.53 Å².